The highest BCUT2D eigenvalue weighted by atomic mass is 16.7. The van der Waals surface area contributed by atoms with Gasteiger partial charge in [0.2, 0.25) is 6.79 Å². The first kappa shape index (κ1) is 18.1. The molecule has 6 heteroatoms. The number of aromatic nitrogens is 2. The van der Waals surface area contributed by atoms with Gasteiger partial charge in [-0.3, -0.25) is 4.79 Å². The molecule has 0 saturated carbocycles. The van der Waals surface area contributed by atoms with Crippen molar-refractivity contribution in [3.63, 3.8) is 0 Å². The van der Waals surface area contributed by atoms with E-state index in [9.17, 15) is 4.79 Å². The first-order valence-corrected chi connectivity index (χ1v) is 9.68. The number of nitrogens with one attached hydrogen (secondary N) is 1. The van der Waals surface area contributed by atoms with Gasteiger partial charge in [-0.15, -0.1) is 10.2 Å². The van der Waals surface area contributed by atoms with Crippen LogP contribution in [0.2, 0.25) is 0 Å². The van der Waals surface area contributed by atoms with Crippen LogP contribution in [0.1, 0.15) is 21.5 Å². The number of carbonyl (C=O) groups is 1. The second kappa shape index (κ2) is 7.48. The van der Waals surface area contributed by atoms with E-state index in [2.05, 4.69) is 15.5 Å². The highest BCUT2D eigenvalue weighted by Gasteiger charge is 2.20. The normalized spacial score (nSPS) is 12.2. The Balaban J connectivity index is 1.52. The molecule has 0 spiro atoms. The summed E-state index contributed by atoms with van der Waals surface area (Å²) >= 11 is 0. The van der Waals surface area contributed by atoms with Crippen LogP contribution >= 0.6 is 0 Å². The second-order valence-corrected chi connectivity index (χ2v) is 7.18. The lowest BCUT2D eigenvalue weighted by Crippen LogP contribution is -2.24. The number of hydrogen-bond acceptors (Lipinski definition) is 5. The summed E-state index contributed by atoms with van der Waals surface area (Å²) in [7, 11) is 0. The molecule has 0 fully saturated rings. The molecule has 0 atom stereocenters. The van der Waals surface area contributed by atoms with E-state index in [0.717, 1.165) is 27.8 Å². The lowest BCUT2D eigenvalue weighted by molar-refractivity contribution is 0.0952. The van der Waals surface area contributed by atoms with E-state index in [0.29, 0.717) is 29.1 Å². The molecule has 4 aromatic rings. The maximum Gasteiger partial charge on any atom is 0.254 e. The maximum absolute atomic E-state index is 13.3. The summed E-state index contributed by atoms with van der Waals surface area (Å²) in [5.41, 5.74) is 4.61. The zero-order chi connectivity index (χ0) is 20.5. The van der Waals surface area contributed by atoms with Crippen molar-refractivity contribution in [2.45, 2.75) is 13.5 Å². The van der Waals surface area contributed by atoms with Crippen LogP contribution in [0.3, 0.4) is 0 Å². The SMILES string of the molecule is Cc1ccc2nnc(-c3ccccc3)c(C(=O)NCc3ccc4c(c3)OCO4)c2c1. The molecule has 2 heterocycles. The van der Waals surface area contributed by atoms with Gasteiger partial charge in [-0.25, -0.2) is 0 Å². The van der Waals surface area contributed by atoms with Crippen LogP contribution in [-0.2, 0) is 6.54 Å². The molecular formula is C24H19N3O3. The molecule has 1 N–H and O–H groups in total. The van der Waals surface area contributed by atoms with Crippen LogP contribution in [-0.4, -0.2) is 22.9 Å². The molecule has 1 aromatic heterocycles. The molecule has 0 bridgehead atoms. The minimum Gasteiger partial charge on any atom is -0.454 e. The van der Waals surface area contributed by atoms with Crippen molar-refractivity contribution in [2.75, 3.05) is 6.79 Å². The van der Waals surface area contributed by atoms with Crippen LogP contribution in [0.4, 0.5) is 0 Å². The average molecular weight is 397 g/mol. The lowest BCUT2D eigenvalue weighted by Gasteiger charge is -2.13. The van der Waals surface area contributed by atoms with Crippen LogP contribution in [0.5, 0.6) is 11.5 Å². The Morgan fingerprint density at radius 1 is 0.967 bits per heavy atom. The van der Waals surface area contributed by atoms with Crippen molar-refractivity contribution in [3.05, 3.63) is 83.4 Å². The Kier molecular flexibility index (Phi) is 4.52. The molecule has 6 nitrogen and oxygen atoms in total. The molecule has 3 aromatic carbocycles. The summed E-state index contributed by atoms with van der Waals surface area (Å²) in [5.74, 6) is 1.21. The molecule has 0 radical (unpaired) electrons. The fraction of sp³-hybridized carbons (Fsp3) is 0.125. The number of benzene rings is 3. The highest BCUT2D eigenvalue weighted by molar-refractivity contribution is 6.10. The van der Waals surface area contributed by atoms with Gasteiger partial charge in [0.05, 0.1) is 11.1 Å². The Morgan fingerprint density at radius 2 is 1.80 bits per heavy atom. The van der Waals surface area contributed by atoms with Gasteiger partial charge in [-0.05, 0) is 36.8 Å². The zero-order valence-corrected chi connectivity index (χ0v) is 16.4. The molecule has 5 rings (SSSR count). The Hall–Kier alpha value is -3.93. The fourth-order valence-corrected chi connectivity index (χ4v) is 3.57. The zero-order valence-electron chi connectivity index (χ0n) is 16.4. The van der Waals surface area contributed by atoms with Crippen LogP contribution in [0, 0.1) is 6.92 Å². The van der Waals surface area contributed by atoms with Gasteiger partial charge in [0.25, 0.3) is 5.91 Å². The van der Waals surface area contributed by atoms with Gasteiger partial charge >= 0.3 is 0 Å². The van der Waals surface area contributed by atoms with Crippen molar-refractivity contribution in [1.29, 1.82) is 0 Å². The fourth-order valence-electron chi connectivity index (χ4n) is 3.57. The maximum atomic E-state index is 13.3. The van der Waals surface area contributed by atoms with E-state index in [1.54, 1.807) is 0 Å². The molecule has 30 heavy (non-hydrogen) atoms. The van der Waals surface area contributed by atoms with Crippen LogP contribution < -0.4 is 14.8 Å². The largest absolute Gasteiger partial charge is 0.454 e. The third-order valence-corrected chi connectivity index (χ3v) is 5.08. The summed E-state index contributed by atoms with van der Waals surface area (Å²) in [6.07, 6.45) is 0. The first-order chi connectivity index (χ1) is 14.7. The summed E-state index contributed by atoms with van der Waals surface area (Å²) in [5, 5.41) is 12.5. The van der Waals surface area contributed by atoms with Gasteiger partial charge in [0.1, 0.15) is 5.69 Å². The summed E-state index contributed by atoms with van der Waals surface area (Å²) < 4.78 is 10.8. The third kappa shape index (κ3) is 3.33. The van der Waals surface area contributed by atoms with Crippen molar-refractivity contribution in [2.24, 2.45) is 0 Å². The molecule has 0 aliphatic carbocycles. The Bertz CT molecular complexity index is 1260. The van der Waals surface area contributed by atoms with E-state index in [-0.39, 0.29) is 12.7 Å². The number of hydrogen-bond donors (Lipinski definition) is 1. The summed E-state index contributed by atoms with van der Waals surface area (Å²) in [6, 6.07) is 21.1. The summed E-state index contributed by atoms with van der Waals surface area (Å²) in [6.45, 7) is 2.58. The van der Waals surface area contributed by atoms with E-state index in [4.69, 9.17) is 9.47 Å². The number of amides is 1. The predicted molar refractivity (Wildman–Crippen MR) is 113 cm³/mol. The Morgan fingerprint density at radius 3 is 2.67 bits per heavy atom. The van der Waals surface area contributed by atoms with E-state index < -0.39 is 0 Å². The minimum atomic E-state index is -0.197. The number of nitrogens with zero attached hydrogens (tertiary/aromatic N) is 2. The van der Waals surface area contributed by atoms with Crippen LogP contribution in [0.25, 0.3) is 22.2 Å². The van der Waals surface area contributed by atoms with Crippen molar-refractivity contribution < 1.29 is 14.3 Å². The second-order valence-electron chi connectivity index (χ2n) is 7.18. The quantitative estimate of drug-likeness (QED) is 0.557. The number of rotatable bonds is 4. The van der Waals surface area contributed by atoms with Gasteiger partial charge in [0, 0.05) is 17.5 Å². The molecule has 148 valence electrons. The van der Waals surface area contributed by atoms with Gasteiger partial charge in [0.15, 0.2) is 11.5 Å². The number of fused-ring (bicyclic) bond motifs is 2. The van der Waals surface area contributed by atoms with Crippen LogP contribution in [0.15, 0.2) is 66.7 Å². The van der Waals surface area contributed by atoms with E-state index in [1.807, 2.05) is 73.7 Å². The minimum absolute atomic E-state index is 0.197. The molecule has 0 unspecified atom stereocenters. The molecule has 0 saturated heterocycles. The van der Waals surface area contributed by atoms with Crippen molar-refractivity contribution in [3.8, 4) is 22.8 Å². The molecule has 1 aliphatic heterocycles. The average Bonchev–Trinajstić information content (AvgIpc) is 3.25. The standard InChI is InChI=1S/C24H19N3O3/c1-15-7-9-19-18(11-15)22(23(27-26-19)17-5-3-2-4-6-17)24(28)25-13-16-8-10-20-21(12-16)30-14-29-20/h2-12H,13-14H2,1H3,(H,25,28). The van der Waals surface area contributed by atoms with E-state index >= 15 is 0 Å². The number of carbonyl (C=O) groups excluding carboxylic acids is 1. The van der Waals surface area contributed by atoms with Crippen molar-refractivity contribution >= 4 is 16.8 Å². The van der Waals surface area contributed by atoms with Gasteiger partial charge in [-0.2, -0.15) is 0 Å². The van der Waals surface area contributed by atoms with Gasteiger partial charge < -0.3 is 14.8 Å². The van der Waals surface area contributed by atoms with E-state index in [1.165, 1.54) is 0 Å². The molecule has 1 amide bonds. The van der Waals surface area contributed by atoms with Gasteiger partial charge in [-0.1, -0.05) is 48.0 Å². The topological polar surface area (TPSA) is 73.3 Å². The summed E-state index contributed by atoms with van der Waals surface area (Å²) in [4.78, 5) is 13.3. The number of aryl methyl sites for hydroxylation is 1. The molecular weight excluding hydrogens is 378 g/mol. The first-order valence-electron chi connectivity index (χ1n) is 9.68. The predicted octanol–water partition coefficient (Wildman–Crippen LogP) is 4.26. The van der Waals surface area contributed by atoms with Crippen molar-refractivity contribution in [1.82, 2.24) is 15.5 Å². The molecule has 1 aliphatic rings. The lowest BCUT2D eigenvalue weighted by atomic mass is 10.00. The number of ether oxygens (including phenoxy) is 2. The smallest absolute Gasteiger partial charge is 0.254 e. The monoisotopic (exact) mass is 397 g/mol. The third-order valence-electron chi connectivity index (χ3n) is 5.08. The highest BCUT2D eigenvalue weighted by Crippen LogP contribution is 2.32. The Labute approximate surface area is 173 Å².